The molecule has 1 aliphatic rings. The Hall–Kier alpha value is -1.54. The van der Waals surface area contributed by atoms with Crippen molar-refractivity contribution in [3.8, 4) is 22.1 Å². The summed E-state index contributed by atoms with van der Waals surface area (Å²) in [5.41, 5.74) is 7.65. The lowest BCUT2D eigenvalue weighted by Gasteiger charge is -2.10. The molecule has 1 heterocycles. The number of ether oxygens (including phenoxy) is 2. The summed E-state index contributed by atoms with van der Waals surface area (Å²) in [4.78, 5) is 17.6. The van der Waals surface area contributed by atoms with E-state index in [0.29, 0.717) is 34.5 Å². The number of hydrogen-bond acceptors (Lipinski definition) is 6. The standard InChI is InChI=1S/C18H23N3O3S.2ClH/c1-10-16(17(22)20-9-13(19)11-4-5-11)25-18(21-10)12-6-7-14(23-2)15(8-12)24-3;;/h6-8,11,13H,4-5,9,19H2,1-3H3,(H,20,22);2*1H. The molecule has 27 heavy (non-hydrogen) atoms. The van der Waals surface area contributed by atoms with Gasteiger partial charge in [-0.1, -0.05) is 0 Å². The number of rotatable bonds is 7. The molecule has 0 radical (unpaired) electrons. The number of nitrogens with one attached hydrogen (secondary N) is 1. The molecule has 1 aromatic heterocycles. The molecule has 1 aliphatic carbocycles. The normalized spacial score (nSPS) is 13.8. The van der Waals surface area contributed by atoms with Crippen LogP contribution in [-0.4, -0.2) is 37.7 Å². The number of aryl methyl sites for hydroxylation is 1. The lowest BCUT2D eigenvalue weighted by atomic mass is 10.2. The quantitative estimate of drug-likeness (QED) is 0.697. The van der Waals surface area contributed by atoms with Gasteiger partial charge >= 0.3 is 0 Å². The third-order valence-electron chi connectivity index (χ3n) is 4.36. The van der Waals surface area contributed by atoms with Crippen LogP contribution in [0.2, 0.25) is 0 Å². The topological polar surface area (TPSA) is 86.5 Å². The van der Waals surface area contributed by atoms with E-state index in [9.17, 15) is 4.79 Å². The molecule has 1 atom stereocenters. The van der Waals surface area contributed by atoms with Gasteiger partial charge in [-0.05, 0) is 43.9 Å². The zero-order valence-corrected chi connectivity index (χ0v) is 17.9. The molecule has 0 bridgehead atoms. The highest BCUT2D eigenvalue weighted by Gasteiger charge is 2.29. The predicted molar refractivity (Wildman–Crippen MR) is 113 cm³/mol. The van der Waals surface area contributed by atoms with Crippen LogP contribution in [0.5, 0.6) is 11.5 Å². The Labute approximate surface area is 175 Å². The Kier molecular flexibility index (Phi) is 8.81. The molecule has 0 saturated heterocycles. The summed E-state index contributed by atoms with van der Waals surface area (Å²) >= 11 is 1.37. The molecule has 2 aromatic rings. The number of amides is 1. The molecule has 1 amide bonds. The minimum absolute atomic E-state index is 0. The number of aromatic nitrogens is 1. The van der Waals surface area contributed by atoms with E-state index in [4.69, 9.17) is 15.2 Å². The van der Waals surface area contributed by atoms with Crippen molar-refractivity contribution in [2.24, 2.45) is 11.7 Å². The Morgan fingerprint density at radius 3 is 2.56 bits per heavy atom. The van der Waals surface area contributed by atoms with Gasteiger partial charge in [-0.2, -0.15) is 0 Å². The number of hydrogen-bond donors (Lipinski definition) is 2. The summed E-state index contributed by atoms with van der Waals surface area (Å²) in [5, 5.41) is 3.70. The lowest BCUT2D eigenvalue weighted by molar-refractivity contribution is 0.0953. The highest BCUT2D eigenvalue weighted by atomic mass is 35.5. The highest BCUT2D eigenvalue weighted by Crippen LogP contribution is 2.35. The third-order valence-corrected chi connectivity index (χ3v) is 5.56. The molecule has 150 valence electrons. The van der Waals surface area contributed by atoms with Crippen molar-refractivity contribution in [1.29, 1.82) is 0 Å². The molecule has 9 heteroatoms. The van der Waals surface area contributed by atoms with E-state index >= 15 is 0 Å². The molecule has 3 N–H and O–H groups in total. The molecule has 1 fully saturated rings. The molecular formula is C18H25Cl2N3O3S. The SMILES string of the molecule is COc1ccc(-c2nc(C)c(C(=O)NCC(N)C3CC3)s2)cc1OC.Cl.Cl. The summed E-state index contributed by atoms with van der Waals surface area (Å²) in [6.07, 6.45) is 2.33. The van der Waals surface area contributed by atoms with E-state index in [1.165, 1.54) is 24.2 Å². The second-order valence-electron chi connectivity index (χ2n) is 6.21. The minimum Gasteiger partial charge on any atom is -0.493 e. The smallest absolute Gasteiger partial charge is 0.263 e. The fourth-order valence-electron chi connectivity index (χ4n) is 2.68. The van der Waals surface area contributed by atoms with Gasteiger partial charge in [-0.3, -0.25) is 4.79 Å². The van der Waals surface area contributed by atoms with E-state index in [1.54, 1.807) is 14.2 Å². The van der Waals surface area contributed by atoms with Gasteiger partial charge < -0.3 is 20.5 Å². The van der Waals surface area contributed by atoms with E-state index in [1.807, 2.05) is 25.1 Å². The maximum atomic E-state index is 12.4. The number of nitrogens with zero attached hydrogens (tertiary/aromatic N) is 1. The first-order valence-corrected chi connectivity index (χ1v) is 9.08. The van der Waals surface area contributed by atoms with E-state index in [-0.39, 0.29) is 36.8 Å². The van der Waals surface area contributed by atoms with Crippen LogP contribution in [0.1, 0.15) is 28.2 Å². The predicted octanol–water partition coefficient (Wildman–Crippen LogP) is 3.45. The molecule has 3 rings (SSSR count). The Morgan fingerprint density at radius 1 is 1.30 bits per heavy atom. The van der Waals surface area contributed by atoms with Gasteiger partial charge in [0, 0.05) is 18.2 Å². The van der Waals surface area contributed by atoms with Crippen molar-refractivity contribution < 1.29 is 14.3 Å². The van der Waals surface area contributed by atoms with E-state index in [2.05, 4.69) is 10.3 Å². The van der Waals surface area contributed by atoms with Crippen molar-refractivity contribution in [3.63, 3.8) is 0 Å². The molecular weight excluding hydrogens is 409 g/mol. The number of benzene rings is 1. The second-order valence-corrected chi connectivity index (χ2v) is 7.21. The van der Waals surface area contributed by atoms with Gasteiger partial charge in [-0.25, -0.2) is 4.98 Å². The summed E-state index contributed by atoms with van der Waals surface area (Å²) in [6, 6.07) is 5.65. The second kappa shape index (κ2) is 10.1. The number of halogens is 2. The summed E-state index contributed by atoms with van der Waals surface area (Å²) < 4.78 is 10.6. The number of methoxy groups -OCH3 is 2. The zero-order chi connectivity index (χ0) is 18.0. The summed E-state index contributed by atoms with van der Waals surface area (Å²) in [6.45, 7) is 2.35. The molecule has 0 aliphatic heterocycles. The van der Waals surface area contributed by atoms with Crippen LogP contribution in [0.25, 0.3) is 10.6 Å². The van der Waals surface area contributed by atoms with Gasteiger partial charge in [0.2, 0.25) is 0 Å². The first kappa shape index (κ1) is 23.5. The largest absolute Gasteiger partial charge is 0.493 e. The van der Waals surface area contributed by atoms with Crippen molar-refractivity contribution in [1.82, 2.24) is 10.3 Å². The molecule has 1 aromatic carbocycles. The maximum absolute atomic E-state index is 12.4. The van der Waals surface area contributed by atoms with Crippen LogP contribution in [0.15, 0.2) is 18.2 Å². The van der Waals surface area contributed by atoms with Crippen molar-refractivity contribution in [3.05, 3.63) is 28.8 Å². The zero-order valence-electron chi connectivity index (χ0n) is 15.5. The molecule has 6 nitrogen and oxygen atoms in total. The first-order valence-electron chi connectivity index (χ1n) is 8.27. The number of nitrogens with two attached hydrogens (primary N) is 1. The van der Waals surface area contributed by atoms with Crippen molar-refractivity contribution in [2.75, 3.05) is 20.8 Å². The van der Waals surface area contributed by atoms with Crippen LogP contribution >= 0.6 is 36.2 Å². The van der Waals surface area contributed by atoms with Crippen LogP contribution in [0.4, 0.5) is 0 Å². The van der Waals surface area contributed by atoms with E-state index < -0.39 is 0 Å². The van der Waals surface area contributed by atoms with Gasteiger partial charge in [0.1, 0.15) is 9.88 Å². The Balaban J connectivity index is 0.00000182. The average molecular weight is 434 g/mol. The summed E-state index contributed by atoms with van der Waals surface area (Å²) in [7, 11) is 3.19. The highest BCUT2D eigenvalue weighted by molar-refractivity contribution is 7.17. The van der Waals surface area contributed by atoms with Gasteiger partial charge in [0.15, 0.2) is 11.5 Å². The molecule has 1 unspecified atom stereocenters. The Bertz CT molecular complexity index is 781. The number of carbonyl (C=O) groups is 1. The first-order chi connectivity index (χ1) is 12.0. The third kappa shape index (κ3) is 5.48. The lowest BCUT2D eigenvalue weighted by Crippen LogP contribution is -2.38. The average Bonchev–Trinajstić information content (AvgIpc) is 3.41. The van der Waals surface area contributed by atoms with Gasteiger partial charge in [0.05, 0.1) is 19.9 Å². The minimum atomic E-state index is -0.113. The van der Waals surface area contributed by atoms with Crippen LogP contribution in [-0.2, 0) is 0 Å². The van der Waals surface area contributed by atoms with E-state index in [0.717, 1.165) is 10.6 Å². The Morgan fingerprint density at radius 2 is 1.96 bits per heavy atom. The van der Waals surface area contributed by atoms with Crippen molar-refractivity contribution >= 4 is 42.1 Å². The van der Waals surface area contributed by atoms with Crippen LogP contribution < -0.4 is 20.5 Å². The van der Waals surface area contributed by atoms with Gasteiger partial charge in [-0.15, -0.1) is 36.2 Å². The monoisotopic (exact) mass is 433 g/mol. The number of carbonyl (C=O) groups excluding carboxylic acids is 1. The molecule has 0 spiro atoms. The maximum Gasteiger partial charge on any atom is 0.263 e. The summed E-state index contributed by atoms with van der Waals surface area (Å²) in [5.74, 6) is 1.74. The fraction of sp³-hybridized carbons (Fsp3) is 0.444. The fourth-order valence-corrected chi connectivity index (χ4v) is 3.66. The number of thiazole rings is 1. The van der Waals surface area contributed by atoms with Crippen LogP contribution in [0, 0.1) is 12.8 Å². The van der Waals surface area contributed by atoms with Crippen molar-refractivity contribution in [2.45, 2.75) is 25.8 Å². The van der Waals surface area contributed by atoms with Crippen LogP contribution in [0.3, 0.4) is 0 Å². The van der Waals surface area contributed by atoms with Gasteiger partial charge in [0.25, 0.3) is 5.91 Å². The molecule has 1 saturated carbocycles.